The summed E-state index contributed by atoms with van der Waals surface area (Å²) in [5.41, 5.74) is 7.75. The summed E-state index contributed by atoms with van der Waals surface area (Å²) in [4.78, 5) is 29.7. The molecule has 1 aliphatic heterocycles. The third-order valence-corrected chi connectivity index (χ3v) is 4.33. The standard InChI is InChI=1S/C19H21N3O4.ClH/c1-12-8-13(11-20)9-17(21-12)26-15-5-2-4-14(10-15)18(23)22-7-3-6-16(22)19(24)25;/h2,4-5,8-10,16H,3,6-7,11,20H2,1H3,(H,24,25);1H/t16-;/m1./s1. The number of carboxylic acids is 1. The molecule has 3 N–H and O–H groups in total. The van der Waals surface area contributed by atoms with Crippen LogP contribution in [0.1, 0.15) is 34.5 Å². The molecule has 2 heterocycles. The summed E-state index contributed by atoms with van der Waals surface area (Å²) in [5.74, 6) is -0.413. The molecule has 1 aliphatic rings. The van der Waals surface area contributed by atoms with Gasteiger partial charge < -0.3 is 20.5 Å². The van der Waals surface area contributed by atoms with Gasteiger partial charge in [0.15, 0.2) is 0 Å². The molecule has 0 aliphatic carbocycles. The average Bonchev–Trinajstić information content (AvgIpc) is 3.10. The van der Waals surface area contributed by atoms with E-state index in [4.69, 9.17) is 10.5 Å². The summed E-state index contributed by atoms with van der Waals surface area (Å²) >= 11 is 0. The van der Waals surface area contributed by atoms with E-state index in [-0.39, 0.29) is 18.3 Å². The van der Waals surface area contributed by atoms with Gasteiger partial charge in [-0.05, 0) is 49.6 Å². The molecule has 1 aromatic carbocycles. The number of carboxylic acid groups (broad SMARTS) is 1. The van der Waals surface area contributed by atoms with Crippen LogP contribution in [0.4, 0.5) is 0 Å². The van der Waals surface area contributed by atoms with Gasteiger partial charge in [0.2, 0.25) is 5.88 Å². The van der Waals surface area contributed by atoms with Crippen LogP contribution in [0.5, 0.6) is 11.6 Å². The fourth-order valence-corrected chi connectivity index (χ4v) is 3.12. The van der Waals surface area contributed by atoms with Crippen LogP contribution >= 0.6 is 12.4 Å². The van der Waals surface area contributed by atoms with Crippen molar-refractivity contribution in [3.05, 3.63) is 53.2 Å². The van der Waals surface area contributed by atoms with Crippen molar-refractivity contribution < 1.29 is 19.4 Å². The summed E-state index contributed by atoms with van der Waals surface area (Å²) in [6.07, 6.45) is 1.17. The quantitative estimate of drug-likeness (QED) is 0.811. The molecule has 0 bridgehead atoms. The molecule has 0 saturated carbocycles. The van der Waals surface area contributed by atoms with Crippen molar-refractivity contribution in [1.29, 1.82) is 0 Å². The number of aryl methyl sites for hydroxylation is 1. The van der Waals surface area contributed by atoms with Gasteiger partial charge in [-0.1, -0.05) is 6.07 Å². The highest BCUT2D eigenvalue weighted by molar-refractivity contribution is 5.97. The zero-order valence-corrected chi connectivity index (χ0v) is 15.7. The highest BCUT2D eigenvalue weighted by Gasteiger charge is 2.34. The van der Waals surface area contributed by atoms with Gasteiger partial charge in [-0.2, -0.15) is 0 Å². The molecule has 0 spiro atoms. The van der Waals surface area contributed by atoms with Crippen LogP contribution in [-0.4, -0.2) is 39.5 Å². The fourth-order valence-electron chi connectivity index (χ4n) is 3.12. The van der Waals surface area contributed by atoms with Crippen molar-refractivity contribution in [2.45, 2.75) is 32.4 Å². The maximum atomic E-state index is 12.7. The number of rotatable bonds is 5. The Morgan fingerprint density at radius 2 is 2.11 bits per heavy atom. The van der Waals surface area contributed by atoms with E-state index in [1.165, 1.54) is 4.90 Å². The van der Waals surface area contributed by atoms with Gasteiger partial charge in [0.25, 0.3) is 5.91 Å². The Labute approximate surface area is 163 Å². The molecule has 1 fully saturated rings. The second-order valence-electron chi connectivity index (χ2n) is 6.28. The van der Waals surface area contributed by atoms with E-state index in [0.29, 0.717) is 43.1 Å². The van der Waals surface area contributed by atoms with Crippen LogP contribution in [0.2, 0.25) is 0 Å². The maximum absolute atomic E-state index is 12.7. The van der Waals surface area contributed by atoms with Crippen LogP contribution in [0.25, 0.3) is 0 Å². The van der Waals surface area contributed by atoms with Crippen molar-refractivity contribution in [3.63, 3.8) is 0 Å². The van der Waals surface area contributed by atoms with E-state index in [2.05, 4.69) is 4.98 Å². The zero-order valence-electron chi connectivity index (χ0n) is 14.9. The Hall–Kier alpha value is -2.64. The molecule has 3 rings (SSSR count). The molecule has 1 atom stereocenters. The number of nitrogens with two attached hydrogens (primary N) is 1. The van der Waals surface area contributed by atoms with Crippen molar-refractivity contribution in [3.8, 4) is 11.6 Å². The number of benzene rings is 1. The normalized spacial score (nSPS) is 15.9. The monoisotopic (exact) mass is 391 g/mol. The highest BCUT2D eigenvalue weighted by Crippen LogP contribution is 2.25. The Bertz CT molecular complexity index is 843. The van der Waals surface area contributed by atoms with Crippen LogP contribution in [0, 0.1) is 6.92 Å². The topological polar surface area (TPSA) is 106 Å². The first kappa shape index (κ1) is 20.7. The number of ether oxygens (including phenoxy) is 1. The van der Waals surface area contributed by atoms with Gasteiger partial charge in [0.1, 0.15) is 11.8 Å². The number of likely N-dealkylation sites (tertiary alicyclic amines) is 1. The molecular weight excluding hydrogens is 370 g/mol. The molecule has 1 amide bonds. The molecule has 7 nitrogen and oxygen atoms in total. The Morgan fingerprint density at radius 3 is 2.81 bits per heavy atom. The number of halogens is 1. The summed E-state index contributed by atoms with van der Waals surface area (Å²) in [6.45, 7) is 2.68. The summed E-state index contributed by atoms with van der Waals surface area (Å²) in [6, 6.07) is 9.55. The van der Waals surface area contributed by atoms with Gasteiger partial charge in [-0.15, -0.1) is 12.4 Å². The molecule has 1 saturated heterocycles. The lowest BCUT2D eigenvalue weighted by atomic mass is 10.1. The van der Waals surface area contributed by atoms with Crippen molar-refractivity contribution in [1.82, 2.24) is 9.88 Å². The number of carbonyl (C=O) groups is 2. The molecular formula is C19H22ClN3O4. The number of hydrogen-bond donors (Lipinski definition) is 2. The minimum Gasteiger partial charge on any atom is -0.480 e. The largest absolute Gasteiger partial charge is 0.480 e. The van der Waals surface area contributed by atoms with Crippen LogP contribution in [0.15, 0.2) is 36.4 Å². The van der Waals surface area contributed by atoms with Crippen LogP contribution < -0.4 is 10.5 Å². The lowest BCUT2D eigenvalue weighted by Gasteiger charge is -2.21. The maximum Gasteiger partial charge on any atom is 0.326 e. The van der Waals surface area contributed by atoms with Gasteiger partial charge in [0.05, 0.1) is 0 Å². The Balaban J connectivity index is 0.00000261. The molecule has 0 unspecified atom stereocenters. The third-order valence-electron chi connectivity index (χ3n) is 4.33. The lowest BCUT2D eigenvalue weighted by molar-refractivity contribution is -0.141. The molecule has 0 radical (unpaired) electrons. The average molecular weight is 392 g/mol. The van der Waals surface area contributed by atoms with E-state index in [9.17, 15) is 14.7 Å². The molecule has 144 valence electrons. The second-order valence-corrected chi connectivity index (χ2v) is 6.28. The van der Waals surface area contributed by atoms with E-state index in [1.807, 2.05) is 13.0 Å². The van der Waals surface area contributed by atoms with E-state index in [1.54, 1.807) is 30.3 Å². The molecule has 27 heavy (non-hydrogen) atoms. The lowest BCUT2D eigenvalue weighted by Crippen LogP contribution is -2.40. The Kier molecular flexibility index (Phi) is 6.76. The van der Waals surface area contributed by atoms with Gasteiger partial charge in [-0.25, -0.2) is 9.78 Å². The van der Waals surface area contributed by atoms with E-state index >= 15 is 0 Å². The van der Waals surface area contributed by atoms with Gasteiger partial charge >= 0.3 is 5.97 Å². The number of nitrogens with zero attached hydrogens (tertiary/aromatic N) is 2. The van der Waals surface area contributed by atoms with Crippen LogP contribution in [0.3, 0.4) is 0 Å². The molecule has 2 aromatic rings. The summed E-state index contributed by atoms with van der Waals surface area (Å²) in [5, 5.41) is 9.27. The first-order valence-corrected chi connectivity index (χ1v) is 8.47. The van der Waals surface area contributed by atoms with E-state index < -0.39 is 12.0 Å². The molecule has 1 aromatic heterocycles. The third kappa shape index (κ3) is 4.75. The number of carbonyl (C=O) groups excluding carboxylic acids is 1. The summed E-state index contributed by atoms with van der Waals surface area (Å²) < 4.78 is 5.78. The van der Waals surface area contributed by atoms with Crippen molar-refractivity contribution in [2.24, 2.45) is 5.73 Å². The smallest absolute Gasteiger partial charge is 0.326 e. The number of hydrogen-bond acceptors (Lipinski definition) is 5. The van der Waals surface area contributed by atoms with E-state index in [0.717, 1.165) is 11.3 Å². The van der Waals surface area contributed by atoms with Crippen molar-refractivity contribution in [2.75, 3.05) is 6.54 Å². The first-order chi connectivity index (χ1) is 12.5. The number of aromatic nitrogens is 1. The second kappa shape index (κ2) is 8.83. The van der Waals surface area contributed by atoms with Gasteiger partial charge in [-0.3, -0.25) is 4.79 Å². The SMILES string of the molecule is Cc1cc(CN)cc(Oc2cccc(C(=O)N3CCC[C@@H]3C(=O)O)c2)n1.Cl. The number of amides is 1. The fraction of sp³-hybridized carbons (Fsp3) is 0.316. The van der Waals surface area contributed by atoms with Crippen LogP contribution in [-0.2, 0) is 11.3 Å². The minimum atomic E-state index is -0.971. The van der Waals surface area contributed by atoms with Gasteiger partial charge in [0, 0.05) is 30.4 Å². The first-order valence-electron chi connectivity index (χ1n) is 8.47. The Morgan fingerprint density at radius 1 is 1.33 bits per heavy atom. The predicted octanol–water partition coefficient (Wildman–Crippen LogP) is 2.75. The number of pyridine rings is 1. The number of aliphatic carboxylic acids is 1. The molecule has 8 heteroatoms. The summed E-state index contributed by atoms with van der Waals surface area (Å²) in [7, 11) is 0. The minimum absolute atomic E-state index is 0. The zero-order chi connectivity index (χ0) is 18.7. The highest BCUT2D eigenvalue weighted by atomic mass is 35.5. The predicted molar refractivity (Wildman–Crippen MR) is 102 cm³/mol. The van der Waals surface area contributed by atoms with Crippen molar-refractivity contribution >= 4 is 24.3 Å².